The van der Waals surface area contributed by atoms with Gasteiger partial charge < -0.3 is 9.64 Å². The third kappa shape index (κ3) is 3.85. The summed E-state index contributed by atoms with van der Waals surface area (Å²) in [5, 5.41) is 7.01. The Balaban J connectivity index is 2.11. The first-order valence-corrected chi connectivity index (χ1v) is 10.7. The van der Waals surface area contributed by atoms with Crippen molar-refractivity contribution in [3.05, 3.63) is 23.3 Å². The molecule has 27 heavy (non-hydrogen) atoms. The topological polar surface area (TPSA) is 89.5 Å². The van der Waals surface area contributed by atoms with Crippen LogP contribution >= 0.6 is 11.3 Å². The van der Waals surface area contributed by atoms with Gasteiger partial charge in [-0.2, -0.15) is 0 Å². The number of carbonyl (C=O) groups excluding carboxylic acids is 1. The van der Waals surface area contributed by atoms with Gasteiger partial charge >= 0.3 is 0 Å². The molecule has 0 bridgehead atoms. The van der Waals surface area contributed by atoms with Gasteiger partial charge in [0, 0.05) is 24.9 Å². The molecule has 0 saturated carbocycles. The van der Waals surface area contributed by atoms with Crippen LogP contribution in [0.1, 0.15) is 24.2 Å². The average Bonchev–Trinajstić information content (AvgIpc) is 3.06. The Labute approximate surface area is 158 Å². The number of hydrogen-bond acceptors (Lipinski definition) is 8. The molecule has 146 valence electrons. The van der Waals surface area contributed by atoms with E-state index in [0.29, 0.717) is 30.7 Å². The smallest absolute Gasteiger partial charge is 0.232 e. The van der Waals surface area contributed by atoms with Crippen LogP contribution in [0.2, 0.25) is 0 Å². The Kier molecular flexibility index (Phi) is 5.28. The van der Waals surface area contributed by atoms with Gasteiger partial charge in [-0.05, 0) is 19.9 Å². The van der Waals surface area contributed by atoms with Crippen LogP contribution in [-0.2, 0) is 14.6 Å². The van der Waals surface area contributed by atoms with Gasteiger partial charge in [0.25, 0.3) is 0 Å². The van der Waals surface area contributed by atoms with E-state index < -0.39 is 21.5 Å². The SMILES string of the molecule is CC1CN(c2c(C=O)cc(-c3nnc(S(C)(=O)=O)s3)c(F)c2F)CC(C)O1. The average molecular weight is 417 g/mol. The Morgan fingerprint density at radius 2 is 1.85 bits per heavy atom. The number of ether oxygens (including phenoxy) is 1. The van der Waals surface area contributed by atoms with Gasteiger partial charge in [0.15, 0.2) is 22.9 Å². The molecule has 1 aliphatic rings. The molecule has 2 heterocycles. The summed E-state index contributed by atoms with van der Waals surface area (Å²) in [6, 6.07) is 1.16. The highest BCUT2D eigenvalue weighted by Gasteiger charge is 2.30. The zero-order valence-corrected chi connectivity index (χ0v) is 16.4. The number of aldehydes is 1. The van der Waals surface area contributed by atoms with Crippen LogP contribution in [0.25, 0.3) is 10.6 Å². The van der Waals surface area contributed by atoms with Crippen molar-refractivity contribution in [1.82, 2.24) is 10.2 Å². The van der Waals surface area contributed by atoms with Crippen molar-refractivity contribution in [3.8, 4) is 10.6 Å². The second-order valence-electron chi connectivity index (χ2n) is 6.42. The molecule has 2 aromatic rings. The lowest BCUT2D eigenvalue weighted by Gasteiger charge is -2.37. The lowest BCUT2D eigenvalue weighted by Crippen LogP contribution is -2.46. The van der Waals surface area contributed by atoms with Crippen molar-refractivity contribution in [1.29, 1.82) is 0 Å². The number of morpholine rings is 1. The molecular weight excluding hydrogens is 400 g/mol. The molecule has 7 nitrogen and oxygen atoms in total. The van der Waals surface area contributed by atoms with Crippen LogP contribution < -0.4 is 4.90 Å². The van der Waals surface area contributed by atoms with Crippen molar-refractivity contribution < 1.29 is 26.7 Å². The predicted octanol–water partition coefficient (Wildman–Crippen LogP) is 2.31. The Morgan fingerprint density at radius 1 is 1.22 bits per heavy atom. The maximum atomic E-state index is 14.9. The summed E-state index contributed by atoms with van der Waals surface area (Å²) in [5.74, 6) is -2.40. The molecule has 0 N–H and O–H groups in total. The highest BCUT2D eigenvalue weighted by molar-refractivity contribution is 7.92. The van der Waals surface area contributed by atoms with Crippen LogP contribution in [0.4, 0.5) is 14.5 Å². The number of nitrogens with zero attached hydrogens (tertiary/aromatic N) is 3. The van der Waals surface area contributed by atoms with E-state index in [1.165, 1.54) is 0 Å². The van der Waals surface area contributed by atoms with Gasteiger partial charge in [-0.25, -0.2) is 17.2 Å². The fraction of sp³-hybridized carbons (Fsp3) is 0.438. The zero-order chi connectivity index (χ0) is 19.9. The molecular formula is C16H17F2N3O4S2. The Morgan fingerprint density at radius 3 is 2.37 bits per heavy atom. The standard InChI is InChI=1S/C16H17F2N3O4S2/c1-8-5-21(6-9(2)25-8)14-10(7-22)4-11(12(17)13(14)18)15-19-20-16(26-15)27(3,23)24/h4,7-9H,5-6H2,1-3H3. The van der Waals surface area contributed by atoms with E-state index >= 15 is 0 Å². The molecule has 1 aromatic heterocycles. The first-order valence-electron chi connectivity index (χ1n) is 8.03. The number of anilines is 1. The van der Waals surface area contributed by atoms with Crippen LogP contribution in [0.5, 0.6) is 0 Å². The highest BCUT2D eigenvalue weighted by Crippen LogP contribution is 2.36. The van der Waals surface area contributed by atoms with Crippen LogP contribution in [0.15, 0.2) is 10.4 Å². The Bertz CT molecular complexity index is 984. The highest BCUT2D eigenvalue weighted by atomic mass is 32.2. The third-order valence-electron chi connectivity index (χ3n) is 4.03. The first kappa shape index (κ1) is 19.8. The minimum Gasteiger partial charge on any atom is -0.372 e. The predicted molar refractivity (Wildman–Crippen MR) is 96.0 cm³/mol. The maximum absolute atomic E-state index is 14.9. The molecule has 2 unspecified atom stereocenters. The minimum absolute atomic E-state index is 0.0543. The first-order chi connectivity index (χ1) is 12.6. The number of halogens is 2. The van der Waals surface area contributed by atoms with Crippen LogP contribution in [-0.4, -0.2) is 56.5 Å². The largest absolute Gasteiger partial charge is 0.372 e. The van der Waals surface area contributed by atoms with Crippen molar-refractivity contribution in [2.24, 2.45) is 0 Å². The van der Waals surface area contributed by atoms with Crippen LogP contribution in [0, 0.1) is 11.6 Å². The van der Waals surface area contributed by atoms with Crippen molar-refractivity contribution >= 4 is 33.1 Å². The molecule has 1 saturated heterocycles. The third-order valence-corrected chi connectivity index (χ3v) is 6.65. The van der Waals surface area contributed by atoms with Gasteiger partial charge in [0.2, 0.25) is 14.2 Å². The molecule has 0 radical (unpaired) electrons. The molecule has 1 aliphatic heterocycles. The van der Waals surface area contributed by atoms with Gasteiger partial charge in [-0.1, -0.05) is 11.3 Å². The number of aromatic nitrogens is 2. The van der Waals surface area contributed by atoms with E-state index in [4.69, 9.17) is 4.74 Å². The fourth-order valence-corrected chi connectivity index (χ4v) is 4.65. The fourth-order valence-electron chi connectivity index (χ4n) is 3.03. The molecule has 0 amide bonds. The number of rotatable bonds is 4. The van der Waals surface area contributed by atoms with Crippen molar-refractivity contribution in [3.63, 3.8) is 0 Å². The molecule has 11 heteroatoms. The quantitative estimate of drug-likeness (QED) is 0.705. The van der Waals surface area contributed by atoms with E-state index in [2.05, 4.69) is 10.2 Å². The van der Waals surface area contributed by atoms with Gasteiger partial charge in [0.1, 0.15) is 0 Å². The van der Waals surface area contributed by atoms with Crippen molar-refractivity contribution in [2.75, 3.05) is 24.2 Å². The van der Waals surface area contributed by atoms with E-state index in [1.807, 2.05) is 0 Å². The molecule has 3 rings (SSSR count). The molecule has 1 fully saturated rings. The van der Waals surface area contributed by atoms with E-state index in [9.17, 15) is 22.0 Å². The lowest BCUT2D eigenvalue weighted by molar-refractivity contribution is -0.00546. The summed E-state index contributed by atoms with van der Waals surface area (Å²) >= 11 is 0.611. The summed E-state index contributed by atoms with van der Waals surface area (Å²) in [6.45, 7) is 4.22. The van der Waals surface area contributed by atoms with Gasteiger partial charge in [-0.3, -0.25) is 4.79 Å². The number of carbonyl (C=O) groups is 1. The van der Waals surface area contributed by atoms with Crippen molar-refractivity contribution in [2.45, 2.75) is 30.4 Å². The number of hydrogen-bond donors (Lipinski definition) is 0. The second kappa shape index (κ2) is 7.21. The zero-order valence-electron chi connectivity index (χ0n) is 14.8. The molecule has 2 atom stereocenters. The summed E-state index contributed by atoms with van der Waals surface area (Å²) in [7, 11) is -3.63. The van der Waals surface area contributed by atoms with E-state index in [0.717, 1.165) is 12.3 Å². The van der Waals surface area contributed by atoms with Gasteiger partial charge in [-0.15, -0.1) is 10.2 Å². The summed E-state index contributed by atoms with van der Waals surface area (Å²) in [6.07, 6.45) is 0.950. The van der Waals surface area contributed by atoms with E-state index in [-0.39, 0.29) is 38.4 Å². The summed E-state index contributed by atoms with van der Waals surface area (Å²) < 4.78 is 58.0. The van der Waals surface area contributed by atoms with E-state index in [1.54, 1.807) is 18.7 Å². The summed E-state index contributed by atoms with van der Waals surface area (Å²) in [4.78, 5) is 13.1. The minimum atomic E-state index is -3.63. The Hall–Kier alpha value is -1.98. The molecule has 1 aromatic carbocycles. The van der Waals surface area contributed by atoms with Gasteiger partial charge in [0.05, 0.1) is 23.5 Å². The molecule has 0 spiro atoms. The van der Waals surface area contributed by atoms with Crippen LogP contribution in [0.3, 0.4) is 0 Å². The number of sulfone groups is 1. The lowest BCUT2D eigenvalue weighted by atomic mass is 10.1. The number of benzene rings is 1. The summed E-state index contributed by atoms with van der Waals surface area (Å²) in [5.41, 5.74) is -0.498. The second-order valence-corrected chi connectivity index (χ2v) is 9.58. The molecule has 0 aliphatic carbocycles. The monoisotopic (exact) mass is 417 g/mol. The normalized spacial score (nSPS) is 20.7. The maximum Gasteiger partial charge on any atom is 0.232 e.